The van der Waals surface area contributed by atoms with E-state index in [9.17, 15) is 9.18 Å². The molecule has 0 saturated carbocycles. The molecular formula is C17H25FN2OS. The van der Waals surface area contributed by atoms with Crippen LogP contribution < -0.4 is 0 Å². The van der Waals surface area contributed by atoms with Gasteiger partial charge in [-0.15, -0.1) is 0 Å². The zero-order chi connectivity index (χ0) is 15.8. The van der Waals surface area contributed by atoms with E-state index in [1.165, 1.54) is 12.1 Å². The van der Waals surface area contributed by atoms with Crippen molar-refractivity contribution in [2.24, 2.45) is 0 Å². The van der Waals surface area contributed by atoms with Crippen LogP contribution in [0.4, 0.5) is 4.39 Å². The number of carbonyl (C=O) groups is 1. The van der Waals surface area contributed by atoms with Gasteiger partial charge >= 0.3 is 0 Å². The molecule has 0 N–H and O–H groups in total. The summed E-state index contributed by atoms with van der Waals surface area (Å²) in [5.74, 6) is 2.08. The van der Waals surface area contributed by atoms with Gasteiger partial charge in [-0.3, -0.25) is 9.69 Å². The van der Waals surface area contributed by atoms with E-state index in [0.29, 0.717) is 6.42 Å². The molecule has 1 aromatic rings. The smallest absolute Gasteiger partial charge is 0.223 e. The maximum atomic E-state index is 12.9. The standard InChI is InChI=1S/C17H25FN2OS/c1-2-22-13-8-17(21)20-10-3-9-19(11-12-20)14-15-4-6-16(18)7-5-15/h4-7H,2-3,8-14H2,1H3. The molecule has 0 unspecified atom stereocenters. The Morgan fingerprint density at radius 3 is 2.68 bits per heavy atom. The number of carbonyl (C=O) groups excluding carboxylic acids is 1. The van der Waals surface area contributed by atoms with Gasteiger partial charge in [0, 0.05) is 44.9 Å². The lowest BCUT2D eigenvalue weighted by atomic mass is 10.2. The van der Waals surface area contributed by atoms with Gasteiger partial charge in [-0.05, 0) is 29.9 Å². The summed E-state index contributed by atoms with van der Waals surface area (Å²) in [6.45, 7) is 6.49. The molecule has 1 amide bonds. The van der Waals surface area contributed by atoms with E-state index in [2.05, 4.69) is 11.8 Å². The van der Waals surface area contributed by atoms with E-state index < -0.39 is 0 Å². The minimum Gasteiger partial charge on any atom is -0.341 e. The van der Waals surface area contributed by atoms with Gasteiger partial charge in [0.25, 0.3) is 0 Å². The van der Waals surface area contributed by atoms with Crippen LogP contribution in [0.25, 0.3) is 0 Å². The van der Waals surface area contributed by atoms with Crippen molar-refractivity contribution in [3.63, 3.8) is 0 Å². The monoisotopic (exact) mass is 324 g/mol. The Hall–Kier alpha value is -1.07. The summed E-state index contributed by atoms with van der Waals surface area (Å²) in [5, 5.41) is 0. The summed E-state index contributed by atoms with van der Waals surface area (Å²) in [6.07, 6.45) is 1.66. The number of benzene rings is 1. The molecule has 0 radical (unpaired) electrons. The Kier molecular flexibility index (Phi) is 7.19. The normalized spacial score (nSPS) is 16.5. The summed E-state index contributed by atoms with van der Waals surface area (Å²) in [6, 6.07) is 6.69. The first-order valence-electron chi connectivity index (χ1n) is 8.01. The molecule has 3 nitrogen and oxygen atoms in total. The fourth-order valence-electron chi connectivity index (χ4n) is 2.69. The molecular weight excluding hydrogens is 299 g/mol. The molecule has 1 heterocycles. The average molecular weight is 324 g/mol. The van der Waals surface area contributed by atoms with Crippen molar-refractivity contribution in [2.75, 3.05) is 37.7 Å². The zero-order valence-corrected chi connectivity index (χ0v) is 14.1. The van der Waals surface area contributed by atoms with Gasteiger partial charge in [-0.25, -0.2) is 4.39 Å². The second kappa shape index (κ2) is 9.16. The van der Waals surface area contributed by atoms with E-state index in [-0.39, 0.29) is 11.7 Å². The van der Waals surface area contributed by atoms with Crippen LogP contribution in [-0.4, -0.2) is 53.4 Å². The third-order valence-corrected chi connectivity index (χ3v) is 4.83. The van der Waals surface area contributed by atoms with Gasteiger partial charge in [0.15, 0.2) is 0 Å². The van der Waals surface area contributed by atoms with Crippen LogP contribution in [0.5, 0.6) is 0 Å². The first kappa shape index (κ1) is 17.3. The third kappa shape index (κ3) is 5.61. The number of halogens is 1. The van der Waals surface area contributed by atoms with E-state index in [1.807, 2.05) is 28.8 Å². The lowest BCUT2D eigenvalue weighted by molar-refractivity contribution is -0.130. The highest BCUT2D eigenvalue weighted by molar-refractivity contribution is 7.99. The Labute approximate surface area is 136 Å². The van der Waals surface area contributed by atoms with Crippen molar-refractivity contribution in [3.05, 3.63) is 35.6 Å². The topological polar surface area (TPSA) is 23.6 Å². The van der Waals surface area contributed by atoms with Gasteiger partial charge in [0.2, 0.25) is 5.91 Å². The van der Waals surface area contributed by atoms with Crippen molar-refractivity contribution < 1.29 is 9.18 Å². The Balaban J connectivity index is 1.79. The molecule has 1 fully saturated rings. The third-order valence-electron chi connectivity index (χ3n) is 3.93. The van der Waals surface area contributed by atoms with Gasteiger partial charge < -0.3 is 4.90 Å². The van der Waals surface area contributed by atoms with Gasteiger partial charge in [0.1, 0.15) is 5.82 Å². The summed E-state index contributed by atoms with van der Waals surface area (Å²) in [5.41, 5.74) is 1.13. The first-order chi connectivity index (χ1) is 10.7. The van der Waals surface area contributed by atoms with Gasteiger partial charge in [-0.2, -0.15) is 11.8 Å². The second-order valence-electron chi connectivity index (χ2n) is 5.58. The summed E-state index contributed by atoms with van der Waals surface area (Å²) in [4.78, 5) is 16.5. The molecule has 5 heteroatoms. The molecule has 22 heavy (non-hydrogen) atoms. The highest BCUT2D eigenvalue weighted by Crippen LogP contribution is 2.11. The van der Waals surface area contributed by atoms with Crippen molar-refractivity contribution >= 4 is 17.7 Å². The lowest BCUT2D eigenvalue weighted by Gasteiger charge is -2.22. The highest BCUT2D eigenvalue weighted by Gasteiger charge is 2.18. The minimum atomic E-state index is -0.193. The maximum Gasteiger partial charge on any atom is 0.223 e. The molecule has 0 spiro atoms. The molecule has 1 saturated heterocycles. The predicted octanol–water partition coefficient (Wildman–Crippen LogP) is 3.00. The second-order valence-corrected chi connectivity index (χ2v) is 6.98. The molecule has 0 aromatic heterocycles. The van der Waals surface area contributed by atoms with Crippen LogP contribution in [0.1, 0.15) is 25.3 Å². The van der Waals surface area contributed by atoms with E-state index in [4.69, 9.17) is 0 Å². The van der Waals surface area contributed by atoms with Crippen molar-refractivity contribution in [3.8, 4) is 0 Å². The van der Waals surface area contributed by atoms with Crippen molar-refractivity contribution in [1.29, 1.82) is 0 Å². The number of amides is 1. The van der Waals surface area contributed by atoms with Crippen LogP contribution in [0, 0.1) is 5.82 Å². The summed E-state index contributed by atoms with van der Waals surface area (Å²) >= 11 is 1.82. The van der Waals surface area contributed by atoms with E-state index >= 15 is 0 Å². The molecule has 0 bridgehead atoms. The molecule has 1 aliphatic rings. The van der Waals surface area contributed by atoms with Crippen LogP contribution in [0.2, 0.25) is 0 Å². The minimum absolute atomic E-state index is 0.193. The summed E-state index contributed by atoms with van der Waals surface area (Å²) < 4.78 is 12.9. The molecule has 0 aliphatic carbocycles. The number of thioether (sulfide) groups is 1. The molecule has 1 aromatic carbocycles. The number of rotatable bonds is 6. The largest absolute Gasteiger partial charge is 0.341 e. The molecule has 2 rings (SSSR count). The molecule has 1 aliphatic heterocycles. The van der Waals surface area contributed by atoms with E-state index in [0.717, 1.165) is 56.2 Å². The van der Waals surface area contributed by atoms with Crippen LogP contribution in [-0.2, 0) is 11.3 Å². The Morgan fingerprint density at radius 1 is 1.18 bits per heavy atom. The number of hydrogen-bond donors (Lipinski definition) is 0. The number of hydrogen-bond acceptors (Lipinski definition) is 3. The van der Waals surface area contributed by atoms with Gasteiger partial charge in [-0.1, -0.05) is 19.1 Å². The fraction of sp³-hybridized carbons (Fsp3) is 0.588. The Bertz CT molecular complexity index is 466. The fourth-order valence-corrected chi connectivity index (χ4v) is 3.30. The molecule has 122 valence electrons. The van der Waals surface area contributed by atoms with Crippen molar-refractivity contribution in [2.45, 2.75) is 26.3 Å². The Morgan fingerprint density at radius 2 is 1.95 bits per heavy atom. The quantitative estimate of drug-likeness (QED) is 0.752. The zero-order valence-electron chi connectivity index (χ0n) is 13.3. The maximum absolute atomic E-state index is 12.9. The molecule has 0 atom stereocenters. The van der Waals surface area contributed by atoms with E-state index in [1.54, 1.807) is 0 Å². The van der Waals surface area contributed by atoms with Crippen LogP contribution in [0.15, 0.2) is 24.3 Å². The van der Waals surface area contributed by atoms with Crippen molar-refractivity contribution in [1.82, 2.24) is 9.80 Å². The number of nitrogens with zero attached hydrogens (tertiary/aromatic N) is 2. The highest BCUT2D eigenvalue weighted by atomic mass is 32.2. The summed E-state index contributed by atoms with van der Waals surface area (Å²) in [7, 11) is 0. The van der Waals surface area contributed by atoms with Crippen LogP contribution in [0.3, 0.4) is 0 Å². The SMILES string of the molecule is CCSCCC(=O)N1CCCN(Cc2ccc(F)cc2)CC1. The predicted molar refractivity (Wildman–Crippen MR) is 90.5 cm³/mol. The lowest BCUT2D eigenvalue weighted by Crippen LogP contribution is -2.35. The average Bonchev–Trinajstić information content (AvgIpc) is 2.75. The first-order valence-corrected chi connectivity index (χ1v) is 9.17. The van der Waals surface area contributed by atoms with Gasteiger partial charge in [0.05, 0.1) is 0 Å². The van der Waals surface area contributed by atoms with Crippen LogP contribution >= 0.6 is 11.8 Å².